The van der Waals surface area contributed by atoms with Crippen LogP contribution in [0, 0.1) is 0 Å². The van der Waals surface area contributed by atoms with Gasteiger partial charge in [-0.25, -0.2) is 19.2 Å². The summed E-state index contributed by atoms with van der Waals surface area (Å²) in [7, 11) is 0. The second-order valence-corrected chi connectivity index (χ2v) is 2.15. The molecular formula is C8H6O7. The zero-order valence-electron chi connectivity index (χ0n) is 7.26. The highest BCUT2D eigenvalue weighted by atomic mass is 16.6. The Balaban J connectivity index is 0.000000245. The number of esters is 4. The van der Waals surface area contributed by atoms with E-state index in [1.165, 1.54) is 0 Å². The third kappa shape index (κ3) is 4.48. The van der Waals surface area contributed by atoms with Crippen LogP contribution in [-0.4, -0.2) is 29.4 Å². The molecule has 0 atom stereocenters. The van der Waals surface area contributed by atoms with Crippen LogP contribution in [0.3, 0.4) is 0 Å². The summed E-state index contributed by atoms with van der Waals surface area (Å²) in [4.78, 5) is 39.7. The predicted molar refractivity (Wildman–Crippen MR) is 44.1 cm³/mol. The van der Waals surface area contributed by atoms with Crippen LogP contribution in [-0.2, 0) is 28.7 Å². The zero-order chi connectivity index (χ0) is 10.6. The second-order valence-electron chi connectivity index (χ2n) is 2.15. The average Bonchev–Trinajstić information content (AvgIpc) is 2.63. The molecule has 0 fully saturated rings. The van der Waals surface area contributed by atoms with E-state index in [4.69, 9.17) is 0 Å². The van der Waals surface area contributed by atoms with Crippen molar-refractivity contribution in [1.29, 1.82) is 0 Å². The number of hydrogen-bond acceptors (Lipinski definition) is 6. The lowest BCUT2D eigenvalue weighted by atomic mass is 10.6. The molecule has 0 bridgehead atoms. The van der Waals surface area contributed by atoms with Crippen LogP contribution in [0.1, 0.15) is 0 Å². The Labute approximate surface area is 83.3 Å². The Bertz CT molecular complexity index is 295. The fraction of sp³-hybridized carbons (Fsp3) is 0. The van der Waals surface area contributed by atoms with Crippen molar-refractivity contribution in [1.82, 2.24) is 0 Å². The van der Waals surface area contributed by atoms with E-state index in [1.54, 1.807) is 0 Å². The van der Waals surface area contributed by atoms with Crippen molar-refractivity contribution in [3.05, 3.63) is 24.3 Å². The van der Waals surface area contributed by atoms with E-state index in [0.29, 0.717) is 0 Å². The second kappa shape index (κ2) is 5.45. The van der Waals surface area contributed by atoms with Crippen LogP contribution in [0.15, 0.2) is 24.3 Å². The summed E-state index contributed by atoms with van der Waals surface area (Å²) >= 11 is 0. The maximum atomic E-state index is 9.92. The van der Waals surface area contributed by atoms with Gasteiger partial charge in [-0.05, 0) is 0 Å². The molecule has 2 rings (SSSR count). The molecular weight excluding hydrogens is 208 g/mol. The first-order chi connectivity index (χ1) is 6.58. The third-order valence-electron chi connectivity index (χ3n) is 1.11. The summed E-state index contributed by atoms with van der Waals surface area (Å²) in [6.07, 6.45) is 4.34. The lowest BCUT2D eigenvalue weighted by molar-refractivity contribution is -0.151. The molecule has 0 aromatic rings. The van der Waals surface area contributed by atoms with Gasteiger partial charge in [-0.1, -0.05) is 0 Å². The van der Waals surface area contributed by atoms with Gasteiger partial charge in [0.2, 0.25) is 0 Å². The van der Waals surface area contributed by atoms with Crippen LogP contribution < -0.4 is 0 Å². The number of rotatable bonds is 0. The Morgan fingerprint density at radius 1 is 0.600 bits per heavy atom. The number of carbonyl (C=O) groups excluding carboxylic acids is 4. The molecule has 0 aromatic heterocycles. The van der Waals surface area contributed by atoms with E-state index in [0.717, 1.165) is 24.3 Å². The van der Waals surface area contributed by atoms with Crippen LogP contribution >= 0.6 is 0 Å². The molecule has 0 unspecified atom stereocenters. The number of carbonyl (C=O) groups is 4. The quantitative estimate of drug-likeness (QED) is 0.355. The highest BCUT2D eigenvalue weighted by molar-refractivity contribution is 6.05. The molecule has 0 saturated heterocycles. The number of ether oxygens (including phenoxy) is 2. The molecule has 7 heteroatoms. The molecule has 2 heterocycles. The largest absolute Gasteiger partial charge is 0.412 e. The Hall–Kier alpha value is -2.28. The summed E-state index contributed by atoms with van der Waals surface area (Å²) in [6, 6.07) is 0. The first-order valence-corrected chi connectivity index (χ1v) is 3.45. The number of hydrogen-bond donors (Lipinski definition) is 0. The average molecular weight is 214 g/mol. The Kier molecular flexibility index (Phi) is 4.62. The van der Waals surface area contributed by atoms with Gasteiger partial charge in [0, 0.05) is 24.3 Å². The van der Waals surface area contributed by atoms with Gasteiger partial charge < -0.3 is 14.9 Å². The van der Waals surface area contributed by atoms with Gasteiger partial charge in [0.25, 0.3) is 0 Å². The van der Waals surface area contributed by atoms with E-state index < -0.39 is 23.9 Å². The van der Waals surface area contributed by atoms with Gasteiger partial charge >= 0.3 is 23.9 Å². The zero-order valence-corrected chi connectivity index (χ0v) is 7.26. The molecule has 2 aliphatic heterocycles. The van der Waals surface area contributed by atoms with Crippen molar-refractivity contribution < 1.29 is 34.1 Å². The minimum absolute atomic E-state index is 0. The van der Waals surface area contributed by atoms with Crippen LogP contribution in [0.2, 0.25) is 0 Å². The van der Waals surface area contributed by atoms with Gasteiger partial charge in [0.05, 0.1) is 0 Å². The van der Waals surface area contributed by atoms with E-state index in [2.05, 4.69) is 9.47 Å². The third-order valence-corrected chi connectivity index (χ3v) is 1.11. The van der Waals surface area contributed by atoms with Crippen molar-refractivity contribution in [3.63, 3.8) is 0 Å². The Morgan fingerprint density at radius 2 is 0.800 bits per heavy atom. The molecule has 80 valence electrons. The van der Waals surface area contributed by atoms with Gasteiger partial charge in [0.1, 0.15) is 0 Å². The van der Waals surface area contributed by atoms with Crippen molar-refractivity contribution in [2.75, 3.05) is 0 Å². The molecule has 2 aliphatic rings. The molecule has 7 nitrogen and oxygen atoms in total. The molecule has 0 amide bonds. The van der Waals surface area contributed by atoms with Crippen LogP contribution in [0.4, 0.5) is 0 Å². The summed E-state index contributed by atoms with van der Waals surface area (Å²) < 4.78 is 7.94. The molecule has 0 saturated carbocycles. The number of cyclic esters (lactones) is 4. The minimum atomic E-state index is -0.579. The fourth-order valence-corrected chi connectivity index (χ4v) is 0.607. The fourth-order valence-electron chi connectivity index (χ4n) is 0.607. The summed E-state index contributed by atoms with van der Waals surface area (Å²) in [6.45, 7) is 0. The van der Waals surface area contributed by atoms with Crippen LogP contribution in [0.25, 0.3) is 0 Å². The first-order valence-electron chi connectivity index (χ1n) is 3.45. The predicted octanol–water partition coefficient (Wildman–Crippen LogP) is -1.57. The highest BCUT2D eigenvalue weighted by Crippen LogP contribution is 1.93. The van der Waals surface area contributed by atoms with E-state index in [1.807, 2.05) is 0 Å². The van der Waals surface area contributed by atoms with E-state index in [9.17, 15) is 19.2 Å². The van der Waals surface area contributed by atoms with Crippen molar-refractivity contribution in [2.24, 2.45) is 0 Å². The summed E-state index contributed by atoms with van der Waals surface area (Å²) in [5.41, 5.74) is 0. The smallest absolute Gasteiger partial charge is 0.338 e. The van der Waals surface area contributed by atoms with E-state index >= 15 is 0 Å². The van der Waals surface area contributed by atoms with Crippen molar-refractivity contribution in [3.8, 4) is 0 Å². The van der Waals surface area contributed by atoms with Crippen molar-refractivity contribution >= 4 is 23.9 Å². The summed E-state index contributed by atoms with van der Waals surface area (Å²) in [5.74, 6) is -2.31. The monoisotopic (exact) mass is 214 g/mol. The minimum Gasteiger partial charge on any atom is -0.412 e. The van der Waals surface area contributed by atoms with Crippen molar-refractivity contribution in [2.45, 2.75) is 0 Å². The van der Waals surface area contributed by atoms with Gasteiger partial charge in [-0.2, -0.15) is 0 Å². The van der Waals surface area contributed by atoms with E-state index in [-0.39, 0.29) is 5.48 Å². The van der Waals surface area contributed by atoms with Gasteiger partial charge in [0.15, 0.2) is 0 Å². The molecule has 0 aromatic carbocycles. The molecule has 0 aliphatic carbocycles. The molecule has 0 spiro atoms. The maximum absolute atomic E-state index is 9.92. The summed E-state index contributed by atoms with van der Waals surface area (Å²) in [5, 5.41) is 0. The molecule has 15 heavy (non-hydrogen) atoms. The lowest BCUT2D eigenvalue weighted by Crippen LogP contribution is -1.96. The van der Waals surface area contributed by atoms with Gasteiger partial charge in [-0.3, -0.25) is 0 Å². The topological polar surface area (TPSA) is 118 Å². The molecule has 2 N–H and O–H groups in total. The first kappa shape index (κ1) is 12.7. The lowest BCUT2D eigenvalue weighted by Gasteiger charge is -1.80. The van der Waals surface area contributed by atoms with Crippen LogP contribution in [0.5, 0.6) is 0 Å². The highest BCUT2D eigenvalue weighted by Gasteiger charge is 2.10. The maximum Gasteiger partial charge on any atom is 0.338 e. The standard InChI is InChI=1S/2C4H2O3.H2O/c2*5-3-1-2-4(6)7-3;/h2*1-2H;1H2. The van der Waals surface area contributed by atoms with Gasteiger partial charge in [-0.15, -0.1) is 0 Å². The Morgan fingerprint density at radius 3 is 0.867 bits per heavy atom. The normalized spacial score (nSPS) is 16.5. The molecule has 0 radical (unpaired) electrons. The SMILES string of the molecule is O.O=C1C=CC(=O)O1.O=C1C=CC(=O)O1.